The van der Waals surface area contributed by atoms with Crippen molar-refractivity contribution in [1.29, 1.82) is 0 Å². The predicted molar refractivity (Wildman–Crippen MR) is 108 cm³/mol. The van der Waals surface area contributed by atoms with Crippen LogP contribution < -0.4 is 0 Å². The molecule has 0 radical (unpaired) electrons. The molecule has 0 fully saturated rings. The third-order valence-electron chi connectivity index (χ3n) is 4.72. The van der Waals surface area contributed by atoms with E-state index >= 15 is 0 Å². The third kappa shape index (κ3) is 5.52. The summed E-state index contributed by atoms with van der Waals surface area (Å²) in [6.07, 6.45) is 1.11. The summed E-state index contributed by atoms with van der Waals surface area (Å²) in [6, 6.07) is 10.3. The maximum absolute atomic E-state index is 4.77. The van der Waals surface area contributed by atoms with Crippen LogP contribution in [0, 0.1) is 5.92 Å². The molecule has 0 aliphatic carbocycles. The zero-order chi connectivity index (χ0) is 18.3. The second kappa shape index (κ2) is 9.27. The van der Waals surface area contributed by atoms with Crippen LogP contribution in [0.4, 0.5) is 0 Å². The molecule has 0 N–H and O–H groups in total. The van der Waals surface area contributed by atoms with Gasteiger partial charge in [0.1, 0.15) is 0 Å². The molecular formula is C22H32N2. The van der Waals surface area contributed by atoms with E-state index in [2.05, 4.69) is 71.9 Å². The van der Waals surface area contributed by atoms with Crippen molar-refractivity contribution in [3.8, 4) is 0 Å². The van der Waals surface area contributed by atoms with Crippen LogP contribution in [0.1, 0.15) is 46.6 Å². The Kier molecular flexibility index (Phi) is 7.70. The minimum atomic E-state index is 0.511. The first-order valence-corrected chi connectivity index (χ1v) is 8.64. The van der Waals surface area contributed by atoms with E-state index in [1.807, 2.05) is 18.2 Å². The second-order valence-electron chi connectivity index (χ2n) is 6.55. The van der Waals surface area contributed by atoms with E-state index in [0.717, 1.165) is 35.5 Å². The number of nitrogens with zero attached hydrogens (tertiary/aromatic N) is 2. The predicted octanol–water partition coefficient (Wildman–Crippen LogP) is 5.95. The maximum Gasteiger partial charge on any atom is 0.0426 e. The largest absolute Gasteiger partial charge is 0.370 e. The first-order valence-electron chi connectivity index (χ1n) is 8.64. The Morgan fingerprint density at radius 2 is 1.71 bits per heavy atom. The zero-order valence-electron chi connectivity index (χ0n) is 16.2. The molecule has 1 unspecified atom stereocenters. The molecule has 1 atom stereocenters. The van der Waals surface area contributed by atoms with Gasteiger partial charge in [-0.2, -0.15) is 0 Å². The van der Waals surface area contributed by atoms with Crippen molar-refractivity contribution in [3.63, 3.8) is 0 Å². The summed E-state index contributed by atoms with van der Waals surface area (Å²) in [5.41, 5.74) is 6.59. The molecule has 0 amide bonds. The molecule has 0 spiro atoms. The SMILES string of the molecule is C=C(CN(C)C(=C)/C(C)=C(C)/N=C(/C)C(C)CC)c1ccccc1. The van der Waals surface area contributed by atoms with Gasteiger partial charge in [0, 0.05) is 30.7 Å². The van der Waals surface area contributed by atoms with E-state index in [-0.39, 0.29) is 0 Å². The van der Waals surface area contributed by atoms with E-state index in [0.29, 0.717) is 5.92 Å². The minimum absolute atomic E-state index is 0.511. The maximum atomic E-state index is 4.77. The summed E-state index contributed by atoms with van der Waals surface area (Å²) >= 11 is 0. The average Bonchev–Trinajstić information content (AvgIpc) is 2.59. The first kappa shape index (κ1) is 20.0. The standard InChI is InChI=1S/C22H32N2/c1-9-16(2)19(5)23-20(6)18(4)21(7)24(8)15-17(3)22-13-11-10-12-14-22/h10-14,16H,3,7,9,15H2,1-2,4-6,8H3/b20-18+,23-19-. The number of hydrogen-bond donors (Lipinski definition) is 0. The van der Waals surface area contributed by atoms with E-state index in [4.69, 9.17) is 4.99 Å². The van der Waals surface area contributed by atoms with Gasteiger partial charge in [-0.05, 0) is 49.8 Å². The van der Waals surface area contributed by atoms with Gasteiger partial charge in [-0.1, -0.05) is 57.3 Å². The van der Waals surface area contributed by atoms with Gasteiger partial charge in [-0.25, -0.2) is 0 Å². The molecule has 0 aliphatic rings. The average molecular weight is 325 g/mol. The molecule has 2 nitrogen and oxygen atoms in total. The van der Waals surface area contributed by atoms with E-state index < -0.39 is 0 Å². The fourth-order valence-electron chi connectivity index (χ4n) is 2.40. The van der Waals surface area contributed by atoms with E-state index in [9.17, 15) is 0 Å². The molecule has 1 aromatic carbocycles. The molecule has 24 heavy (non-hydrogen) atoms. The molecule has 2 heteroatoms. The lowest BCUT2D eigenvalue weighted by atomic mass is 10.0. The van der Waals surface area contributed by atoms with Crippen LogP contribution in [0.3, 0.4) is 0 Å². The van der Waals surface area contributed by atoms with Crippen LogP contribution >= 0.6 is 0 Å². The Hall–Kier alpha value is -2.09. The molecule has 0 saturated carbocycles. The summed E-state index contributed by atoms with van der Waals surface area (Å²) in [7, 11) is 2.05. The molecular weight excluding hydrogens is 292 g/mol. The molecule has 0 heterocycles. The monoisotopic (exact) mass is 324 g/mol. The van der Waals surface area contributed by atoms with Gasteiger partial charge < -0.3 is 4.90 Å². The fraction of sp³-hybridized carbons (Fsp3) is 0.409. The van der Waals surface area contributed by atoms with E-state index in [1.165, 1.54) is 11.3 Å². The van der Waals surface area contributed by atoms with Crippen molar-refractivity contribution >= 4 is 11.3 Å². The molecule has 0 aromatic heterocycles. The highest BCUT2D eigenvalue weighted by Crippen LogP contribution is 2.21. The number of benzene rings is 1. The van der Waals surface area contributed by atoms with Crippen molar-refractivity contribution < 1.29 is 0 Å². The highest BCUT2D eigenvalue weighted by molar-refractivity contribution is 5.85. The Morgan fingerprint density at radius 1 is 1.12 bits per heavy atom. The van der Waals surface area contributed by atoms with Gasteiger partial charge >= 0.3 is 0 Å². The molecule has 1 aromatic rings. The van der Waals surface area contributed by atoms with Crippen LogP contribution in [-0.2, 0) is 0 Å². The molecule has 1 rings (SSSR count). The highest BCUT2D eigenvalue weighted by Gasteiger charge is 2.10. The number of rotatable bonds is 8. The third-order valence-corrected chi connectivity index (χ3v) is 4.72. The van der Waals surface area contributed by atoms with Crippen molar-refractivity contribution in [3.05, 3.63) is 66.0 Å². The second-order valence-corrected chi connectivity index (χ2v) is 6.55. The summed E-state index contributed by atoms with van der Waals surface area (Å²) in [6.45, 7) is 19.9. The number of hydrogen-bond acceptors (Lipinski definition) is 2. The van der Waals surface area contributed by atoms with E-state index in [1.54, 1.807) is 0 Å². The Bertz CT molecular complexity index is 635. The van der Waals surface area contributed by atoms with Gasteiger partial charge in [0.2, 0.25) is 0 Å². The molecule has 0 aliphatic heterocycles. The Labute approximate surface area is 148 Å². The Morgan fingerprint density at radius 3 is 2.25 bits per heavy atom. The van der Waals surface area contributed by atoms with Gasteiger partial charge in [0.25, 0.3) is 0 Å². The number of allylic oxidation sites excluding steroid dienone is 2. The minimum Gasteiger partial charge on any atom is -0.370 e. The van der Waals surface area contributed by atoms with Crippen LogP contribution in [0.5, 0.6) is 0 Å². The van der Waals surface area contributed by atoms with Crippen molar-refractivity contribution in [2.24, 2.45) is 10.9 Å². The van der Waals surface area contributed by atoms with Gasteiger partial charge in [0.05, 0.1) is 0 Å². The van der Waals surface area contributed by atoms with Crippen LogP contribution in [-0.4, -0.2) is 24.2 Å². The van der Waals surface area contributed by atoms with Crippen molar-refractivity contribution in [1.82, 2.24) is 4.90 Å². The lowest BCUT2D eigenvalue weighted by molar-refractivity contribution is 0.480. The number of aliphatic imine (C=N–C) groups is 1. The van der Waals surface area contributed by atoms with Gasteiger partial charge in [-0.3, -0.25) is 4.99 Å². The first-order chi connectivity index (χ1) is 11.3. The summed E-state index contributed by atoms with van der Waals surface area (Å²) in [5.74, 6) is 0.511. The lowest BCUT2D eigenvalue weighted by Gasteiger charge is -2.24. The summed E-state index contributed by atoms with van der Waals surface area (Å²) in [5, 5.41) is 0. The molecule has 130 valence electrons. The lowest BCUT2D eigenvalue weighted by Crippen LogP contribution is -2.20. The highest BCUT2D eigenvalue weighted by atomic mass is 15.1. The zero-order valence-corrected chi connectivity index (χ0v) is 16.2. The van der Waals surface area contributed by atoms with Crippen LogP contribution in [0.2, 0.25) is 0 Å². The van der Waals surface area contributed by atoms with Crippen LogP contribution in [0.15, 0.2) is 65.4 Å². The quantitative estimate of drug-likeness (QED) is 0.426. The topological polar surface area (TPSA) is 15.6 Å². The van der Waals surface area contributed by atoms with Gasteiger partial charge in [0.15, 0.2) is 0 Å². The number of likely N-dealkylation sites (N-methyl/N-ethyl adjacent to an activating group) is 1. The fourth-order valence-corrected chi connectivity index (χ4v) is 2.40. The molecule has 0 saturated heterocycles. The van der Waals surface area contributed by atoms with Crippen molar-refractivity contribution in [2.75, 3.05) is 13.6 Å². The normalized spacial score (nSPS) is 14.0. The van der Waals surface area contributed by atoms with Crippen LogP contribution in [0.25, 0.3) is 5.57 Å². The smallest absolute Gasteiger partial charge is 0.0426 e. The molecule has 0 bridgehead atoms. The van der Waals surface area contributed by atoms with Crippen molar-refractivity contribution in [2.45, 2.75) is 41.0 Å². The summed E-state index contributed by atoms with van der Waals surface area (Å²) < 4.78 is 0. The van der Waals surface area contributed by atoms with Gasteiger partial charge in [-0.15, -0.1) is 0 Å². The summed E-state index contributed by atoms with van der Waals surface area (Å²) in [4.78, 5) is 6.92. The Balaban J connectivity index is 2.84.